The van der Waals surface area contributed by atoms with Gasteiger partial charge in [0, 0.05) is 5.56 Å². The van der Waals surface area contributed by atoms with E-state index < -0.39 is 11.9 Å². The molecule has 1 heterocycles. The molecular weight excluding hydrogens is 326 g/mol. The van der Waals surface area contributed by atoms with Crippen LogP contribution in [0.15, 0.2) is 49.6 Å². The van der Waals surface area contributed by atoms with Gasteiger partial charge in [0.1, 0.15) is 15.5 Å². The summed E-state index contributed by atoms with van der Waals surface area (Å²) in [6, 6.07) is 8.78. The molecule has 1 aromatic rings. The molecule has 0 amide bonds. The van der Waals surface area contributed by atoms with E-state index in [1.807, 2.05) is 6.07 Å². The molecule has 0 unspecified atom stereocenters. The number of rotatable bonds is 4. The Hall–Kier alpha value is -2.06. The van der Waals surface area contributed by atoms with E-state index in [0.29, 0.717) is 9.80 Å². The van der Waals surface area contributed by atoms with Crippen LogP contribution in [-0.4, -0.2) is 26.2 Å². The number of hydrogen-bond donors (Lipinski definition) is 0. The van der Waals surface area contributed by atoms with Crippen LogP contribution in [0, 0.1) is 4.91 Å². The number of thioether (sulfide) groups is 2. The van der Waals surface area contributed by atoms with Crippen LogP contribution in [0.5, 0.6) is 0 Å². The average Bonchev–Trinajstić information content (AvgIpc) is 3.00. The molecule has 0 radical (unpaired) electrons. The lowest BCUT2D eigenvalue weighted by Crippen LogP contribution is -2.08. The quantitative estimate of drug-likeness (QED) is 0.616. The Balaban J connectivity index is 2.45. The third-order valence-electron chi connectivity index (χ3n) is 2.67. The molecule has 22 heavy (non-hydrogen) atoms. The lowest BCUT2D eigenvalue weighted by atomic mass is 10.2. The summed E-state index contributed by atoms with van der Waals surface area (Å²) in [6.07, 6.45) is 0. The predicted octanol–water partition coefficient (Wildman–Crippen LogP) is 3.12. The van der Waals surface area contributed by atoms with Crippen molar-refractivity contribution in [3.63, 3.8) is 0 Å². The SMILES string of the molecule is COC(=O)C1=C(C(=O)OC)SC(=C(N=O)c2ccccc2)S1. The predicted molar refractivity (Wildman–Crippen MR) is 85.4 cm³/mol. The molecular formula is C14H11NO5S2. The van der Waals surface area contributed by atoms with E-state index >= 15 is 0 Å². The molecule has 0 aliphatic carbocycles. The van der Waals surface area contributed by atoms with Crippen LogP contribution in [0.25, 0.3) is 5.70 Å². The molecule has 0 fully saturated rings. The molecule has 114 valence electrons. The highest BCUT2D eigenvalue weighted by atomic mass is 32.2. The fourth-order valence-electron chi connectivity index (χ4n) is 1.65. The molecule has 1 aromatic carbocycles. The Labute approximate surface area is 134 Å². The molecule has 1 aliphatic heterocycles. The lowest BCUT2D eigenvalue weighted by molar-refractivity contribution is -0.138. The first-order valence-electron chi connectivity index (χ1n) is 6.02. The number of ether oxygens (including phenoxy) is 2. The highest BCUT2D eigenvalue weighted by Gasteiger charge is 2.34. The van der Waals surface area contributed by atoms with Crippen molar-refractivity contribution >= 4 is 41.2 Å². The van der Waals surface area contributed by atoms with Gasteiger partial charge in [0.2, 0.25) is 0 Å². The Kier molecular flexibility index (Phi) is 5.40. The molecule has 8 heteroatoms. The van der Waals surface area contributed by atoms with Crippen LogP contribution in [0.4, 0.5) is 0 Å². The molecule has 6 nitrogen and oxygen atoms in total. The molecule has 2 rings (SSSR count). The highest BCUT2D eigenvalue weighted by Crippen LogP contribution is 2.52. The first kappa shape index (κ1) is 16.3. The molecule has 0 saturated heterocycles. The van der Waals surface area contributed by atoms with E-state index in [4.69, 9.17) is 0 Å². The van der Waals surface area contributed by atoms with Crippen LogP contribution in [0.1, 0.15) is 5.56 Å². The van der Waals surface area contributed by atoms with E-state index in [9.17, 15) is 14.5 Å². The normalized spacial score (nSPS) is 13.8. The van der Waals surface area contributed by atoms with Crippen LogP contribution in [0.2, 0.25) is 0 Å². The van der Waals surface area contributed by atoms with Gasteiger partial charge in [-0.15, -0.1) is 4.91 Å². The van der Waals surface area contributed by atoms with Gasteiger partial charge in [-0.05, 0) is 5.18 Å². The number of esters is 2. The maximum absolute atomic E-state index is 11.8. The highest BCUT2D eigenvalue weighted by molar-refractivity contribution is 8.29. The van der Waals surface area contributed by atoms with Crippen LogP contribution < -0.4 is 0 Å². The van der Waals surface area contributed by atoms with Crippen molar-refractivity contribution in [1.29, 1.82) is 0 Å². The van der Waals surface area contributed by atoms with Crippen molar-refractivity contribution in [3.8, 4) is 0 Å². The zero-order valence-electron chi connectivity index (χ0n) is 11.7. The minimum Gasteiger partial charge on any atom is -0.465 e. The zero-order chi connectivity index (χ0) is 16.1. The maximum atomic E-state index is 11.8. The molecule has 0 atom stereocenters. The van der Waals surface area contributed by atoms with Crippen molar-refractivity contribution < 1.29 is 19.1 Å². The Morgan fingerprint density at radius 2 is 1.45 bits per heavy atom. The van der Waals surface area contributed by atoms with Gasteiger partial charge in [0.25, 0.3) is 0 Å². The zero-order valence-corrected chi connectivity index (χ0v) is 13.3. The molecule has 0 saturated carbocycles. The number of carbonyl (C=O) groups excluding carboxylic acids is 2. The third-order valence-corrected chi connectivity index (χ3v) is 5.21. The fraction of sp³-hybridized carbons (Fsp3) is 0.143. The van der Waals surface area contributed by atoms with E-state index in [2.05, 4.69) is 14.7 Å². The van der Waals surface area contributed by atoms with Gasteiger partial charge in [-0.1, -0.05) is 53.9 Å². The van der Waals surface area contributed by atoms with Gasteiger partial charge in [0.15, 0.2) is 0 Å². The second-order valence-electron chi connectivity index (χ2n) is 3.94. The second-order valence-corrected chi connectivity index (χ2v) is 6.24. The average molecular weight is 337 g/mol. The topological polar surface area (TPSA) is 82.0 Å². The van der Waals surface area contributed by atoms with E-state index in [0.717, 1.165) is 23.5 Å². The van der Waals surface area contributed by atoms with E-state index in [1.54, 1.807) is 24.3 Å². The minimum atomic E-state index is -0.661. The van der Waals surface area contributed by atoms with Crippen LogP contribution in [-0.2, 0) is 19.1 Å². The van der Waals surface area contributed by atoms with Crippen molar-refractivity contribution in [3.05, 3.63) is 54.8 Å². The maximum Gasteiger partial charge on any atom is 0.346 e. The summed E-state index contributed by atoms with van der Waals surface area (Å²) in [5, 5.41) is 3.04. The number of nitroso groups, excluding NO2 is 1. The number of hydrogen-bond acceptors (Lipinski definition) is 8. The summed E-state index contributed by atoms with van der Waals surface area (Å²) in [5.41, 5.74) is 0.763. The summed E-state index contributed by atoms with van der Waals surface area (Å²) >= 11 is 1.95. The summed E-state index contributed by atoms with van der Waals surface area (Å²) in [7, 11) is 2.43. The molecule has 0 spiro atoms. The Morgan fingerprint density at radius 3 is 1.86 bits per heavy atom. The van der Waals surface area contributed by atoms with Gasteiger partial charge in [-0.2, -0.15) is 0 Å². The summed E-state index contributed by atoms with van der Waals surface area (Å²) < 4.78 is 9.75. The van der Waals surface area contributed by atoms with Crippen LogP contribution >= 0.6 is 23.5 Å². The fourth-order valence-corrected chi connectivity index (χ4v) is 4.13. The van der Waals surface area contributed by atoms with E-state index in [1.165, 1.54) is 14.2 Å². The van der Waals surface area contributed by atoms with Crippen molar-refractivity contribution in [2.24, 2.45) is 5.18 Å². The first-order chi connectivity index (χ1) is 10.6. The number of carbonyl (C=O) groups is 2. The van der Waals surface area contributed by atoms with E-state index in [-0.39, 0.29) is 15.5 Å². The standard InChI is InChI=1S/C14H11NO5S2/c1-19-12(16)10-11(13(17)20-2)22-14(21-10)9(15-18)8-6-4-3-5-7-8/h3-7H,1-2H3. The second kappa shape index (κ2) is 7.28. The minimum absolute atomic E-state index is 0.0893. The number of benzene rings is 1. The van der Waals surface area contributed by atoms with Crippen molar-refractivity contribution in [2.75, 3.05) is 14.2 Å². The molecule has 1 aliphatic rings. The summed E-state index contributed by atoms with van der Waals surface area (Å²) in [4.78, 5) is 34.9. The monoisotopic (exact) mass is 337 g/mol. The number of nitrogens with zero attached hydrogens (tertiary/aromatic N) is 1. The number of methoxy groups -OCH3 is 2. The molecule has 0 bridgehead atoms. The smallest absolute Gasteiger partial charge is 0.346 e. The van der Waals surface area contributed by atoms with Gasteiger partial charge in [-0.3, -0.25) is 0 Å². The molecule has 0 aromatic heterocycles. The third kappa shape index (κ3) is 3.23. The summed E-state index contributed by atoms with van der Waals surface area (Å²) in [6.45, 7) is 0. The van der Waals surface area contributed by atoms with Gasteiger partial charge >= 0.3 is 11.9 Å². The Bertz CT molecular complexity index is 652. The van der Waals surface area contributed by atoms with Crippen LogP contribution in [0.3, 0.4) is 0 Å². The Morgan fingerprint density at radius 1 is 0.955 bits per heavy atom. The van der Waals surface area contributed by atoms with Gasteiger partial charge < -0.3 is 9.47 Å². The lowest BCUT2D eigenvalue weighted by Gasteiger charge is -2.02. The largest absolute Gasteiger partial charge is 0.465 e. The molecule has 0 N–H and O–H groups in total. The van der Waals surface area contributed by atoms with Gasteiger partial charge in [-0.25, -0.2) is 9.59 Å². The van der Waals surface area contributed by atoms with Crippen molar-refractivity contribution in [1.82, 2.24) is 0 Å². The first-order valence-corrected chi connectivity index (χ1v) is 7.65. The van der Waals surface area contributed by atoms with Gasteiger partial charge in [0.05, 0.1) is 18.5 Å². The summed E-state index contributed by atoms with van der Waals surface area (Å²) in [5.74, 6) is -1.32. The van der Waals surface area contributed by atoms with Crippen molar-refractivity contribution in [2.45, 2.75) is 0 Å².